The van der Waals surface area contributed by atoms with Gasteiger partial charge in [-0.1, -0.05) is 30.3 Å². The van der Waals surface area contributed by atoms with Gasteiger partial charge in [-0.25, -0.2) is 0 Å². The number of rotatable bonds is 7. The van der Waals surface area contributed by atoms with Gasteiger partial charge in [0.05, 0.1) is 30.9 Å². The summed E-state index contributed by atoms with van der Waals surface area (Å²) in [6.07, 6.45) is 0.715. The lowest BCUT2D eigenvalue weighted by molar-refractivity contribution is -0.384. The topological polar surface area (TPSA) is 81.9 Å². The summed E-state index contributed by atoms with van der Waals surface area (Å²) in [6, 6.07) is 19.9. The average molecular weight is 465 g/mol. The van der Waals surface area contributed by atoms with E-state index in [1.807, 2.05) is 47.4 Å². The number of methoxy groups -OCH3 is 2. The van der Waals surface area contributed by atoms with E-state index in [0.717, 1.165) is 21.6 Å². The number of carbonyl (C=O) groups excluding carboxylic acids is 1. The quantitative estimate of drug-likeness (QED) is 0.282. The zero-order chi connectivity index (χ0) is 23.4. The van der Waals surface area contributed by atoms with Crippen molar-refractivity contribution in [2.45, 2.75) is 17.4 Å². The van der Waals surface area contributed by atoms with E-state index < -0.39 is 4.92 Å². The van der Waals surface area contributed by atoms with Gasteiger partial charge >= 0.3 is 0 Å². The molecule has 1 heterocycles. The molecule has 1 unspecified atom stereocenters. The molecule has 1 aliphatic rings. The van der Waals surface area contributed by atoms with Gasteiger partial charge in [0, 0.05) is 23.6 Å². The number of fused-ring (bicyclic) bond motifs is 1. The molecule has 3 aromatic rings. The minimum absolute atomic E-state index is 0.00707. The normalized spacial score (nSPS) is 15.0. The molecule has 0 N–H and O–H groups in total. The van der Waals surface area contributed by atoms with Crippen LogP contribution < -0.4 is 9.47 Å². The van der Waals surface area contributed by atoms with Crippen LogP contribution in [0, 0.1) is 10.1 Å². The third kappa shape index (κ3) is 4.80. The molecule has 3 aromatic carbocycles. The van der Waals surface area contributed by atoms with Gasteiger partial charge in [-0.2, -0.15) is 0 Å². The van der Waals surface area contributed by atoms with E-state index in [-0.39, 0.29) is 23.4 Å². The first kappa shape index (κ1) is 22.7. The molecule has 1 aliphatic heterocycles. The summed E-state index contributed by atoms with van der Waals surface area (Å²) in [5, 5.41) is 10.9. The standard InChI is InChI=1S/C25H24N2O5S/c1-31-22-14-18-12-13-26(24(28)16-33-20-10-8-19(9-11-20)27(29)30)25(17-6-4-3-5-7-17)21(18)15-23(22)32-2/h3-11,14-15,25H,12-13,16H2,1-2H3. The summed E-state index contributed by atoms with van der Waals surface area (Å²) in [4.78, 5) is 26.5. The second-order valence-corrected chi connectivity index (χ2v) is 8.64. The zero-order valence-electron chi connectivity index (χ0n) is 18.4. The van der Waals surface area contributed by atoms with Gasteiger partial charge in [-0.3, -0.25) is 14.9 Å². The number of benzene rings is 3. The van der Waals surface area contributed by atoms with E-state index in [0.29, 0.717) is 24.5 Å². The fraction of sp³-hybridized carbons (Fsp3) is 0.240. The number of nitro groups is 1. The van der Waals surface area contributed by atoms with Crippen molar-refractivity contribution < 1.29 is 19.2 Å². The molecule has 0 bridgehead atoms. The Hall–Kier alpha value is -3.52. The van der Waals surface area contributed by atoms with Crippen molar-refractivity contribution in [3.8, 4) is 11.5 Å². The molecule has 0 saturated heterocycles. The van der Waals surface area contributed by atoms with Crippen LogP contribution in [-0.2, 0) is 11.2 Å². The summed E-state index contributed by atoms with van der Waals surface area (Å²) in [5.41, 5.74) is 3.22. The Morgan fingerprint density at radius 2 is 1.73 bits per heavy atom. The molecule has 0 spiro atoms. The molecular formula is C25H24N2O5S. The highest BCUT2D eigenvalue weighted by atomic mass is 32.2. The highest BCUT2D eigenvalue weighted by Crippen LogP contribution is 2.41. The Morgan fingerprint density at radius 3 is 2.36 bits per heavy atom. The second kappa shape index (κ2) is 9.95. The smallest absolute Gasteiger partial charge is 0.269 e. The molecular weight excluding hydrogens is 440 g/mol. The van der Waals surface area contributed by atoms with Crippen LogP contribution in [0.25, 0.3) is 0 Å². The molecule has 0 fully saturated rings. The highest BCUT2D eigenvalue weighted by Gasteiger charge is 2.33. The Balaban J connectivity index is 1.62. The Labute approximate surface area is 196 Å². The van der Waals surface area contributed by atoms with Crippen molar-refractivity contribution in [1.82, 2.24) is 4.90 Å². The summed E-state index contributed by atoms with van der Waals surface area (Å²) >= 11 is 1.38. The molecule has 7 nitrogen and oxygen atoms in total. The predicted octanol–water partition coefficient (Wildman–Crippen LogP) is 4.88. The molecule has 0 aromatic heterocycles. The number of amides is 1. The van der Waals surface area contributed by atoms with Crippen LogP contribution in [0.1, 0.15) is 22.7 Å². The third-order valence-electron chi connectivity index (χ3n) is 5.72. The monoisotopic (exact) mass is 464 g/mol. The number of hydrogen-bond donors (Lipinski definition) is 0. The number of non-ortho nitro benzene ring substituents is 1. The molecule has 1 amide bonds. The maximum atomic E-state index is 13.4. The number of ether oxygens (including phenoxy) is 2. The number of nitrogens with zero attached hydrogens (tertiary/aromatic N) is 2. The summed E-state index contributed by atoms with van der Waals surface area (Å²) in [6.45, 7) is 0.585. The fourth-order valence-electron chi connectivity index (χ4n) is 4.10. The van der Waals surface area contributed by atoms with Crippen LogP contribution in [0.2, 0.25) is 0 Å². The molecule has 170 valence electrons. The van der Waals surface area contributed by atoms with Gasteiger partial charge in [0.2, 0.25) is 5.91 Å². The van der Waals surface area contributed by atoms with Crippen LogP contribution in [0.4, 0.5) is 5.69 Å². The first-order chi connectivity index (χ1) is 16.0. The van der Waals surface area contributed by atoms with Crippen molar-refractivity contribution >= 4 is 23.4 Å². The van der Waals surface area contributed by atoms with Crippen LogP contribution in [0.3, 0.4) is 0 Å². The SMILES string of the molecule is COc1cc2c(cc1OC)C(c1ccccc1)N(C(=O)CSc1ccc([N+](=O)[O-])cc1)CC2. The molecule has 4 rings (SSSR count). The molecule has 0 radical (unpaired) electrons. The lowest BCUT2D eigenvalue weighted by atomic mass is 9.87. The number of thioether (sulfide) groups is 1. The van der Waals surface area contributed by atoms with Crippen molar-refractivity contribution in [3.05, 3.63) is 93.5 Å². The number of hydrogen-bond acceptors (Lipinski definition) is 6. The maximum Gasteiger partial charge on any atom is 0.269 e. The van der Waals surface area contributed by atoms with Gasteiger partial charge in [0.25, 0.3) is 5.69 Å². The fourth-order valence-corrected chi connectivity index (χ4v) is 4.89. The molecule has 8 heteroatoms. The lowest BCUT2D eigenvalue weighted by Crippen LogP contribution is -2.41. The van der Waals surface area contributed by atoms with Gasteiger partial charge in [-0.15, -0.1) is 11.8 Å². The Kier molecular flexibility index (Phi) is 6.84. The first-order valence-electron chi connectivity index (χ1n) is 10.5. The van der Waals surface area contributed by atoms with Gasteiger partial charge in [0.15, 0.2) is 11.5 Å². The third-order valence-corrected chi connectivity index (χ3v) is 6.72. The second-order valence-electron chi connectivity index (χ2n) is 7.60. The van der Waals surface area contributed by atoms with E-state index in [1.54, 1.807) is 26.4 Å². The number of carbonyl (C=O) groups is 1. The summed E-state index contributed by atoms with van der Waals surface area (Å²) in [5.74, 6) is 1.56. The van der Waals surface area contributed by atoms with Crippen molar-refractivity contribution in [1.29, 1.82) is 0 Å². The van der Waals surface area contributed by atoms with Gasteiger partial charge in [-0.05, 0) is 47.4 Å². The van der Waals surface area contributed by atoms with E-state index in [4.69, 9.17) is 9.47 Å². The van der Waals surface area contributed by atoms with Gasteiger partial charge in [0.1, 0.15) is 0 Å². The van der Waals surface area contributed by atoms with Crippen LogP contribution in [-0.4, -0.2) is 42.2 Å². The van der Waals surface area contributed by atoms with Crippen molar-refractivity contribution in [2.75, 3.05) is 26.5 Å². The van der Waals surface area contributed by atoms with Crippen molar-refractivity contribution in [3.63, 3.8) is 0 Å². The maximum absolute atomic E-state index is 13.4. The lowest BCUT2D eigenvalue weighted by Gasteiger charge is -2.38. The first-order valence-corrected chi connectivity index (χ1v) is 11.5. The van der Waals surface area contributed by atoms with Crippen molar-refractivity contribution in [2.24, 2.45) is 0 Å². The van der Waals surface area contributed by atoms with Crippen LogP contribution >= 0.6 is 11.8 Å². The summed E-state index contributed by atoms with van der Waals surface area (Å²) < 4.78 is 11.0. The molecule has 0 saturated carbocycles. The van der Waals surface area contributed by atoms with Crippen LogP contribution in [0.5, 0.6) is 11.5 Å². The zero-order valence-corrected chi connectivity index (χ0v) is 19.2. The van der Waals surface area contributed by atoms with E-state index in [1.165, 1.54) is 23.9 Å². The highest BCUT2D eigenvalue weighted by molar-refractivity contribution is 8.00. The van der Waals surface area contributed by atoms with E-state index in [9.17, 15) is 14.9 Å². The Bertz CT molecular complexity index is 1150. The molecule has 0 aliphatic carbocycles. The van der Waals surface area contributed by atoms with E-state index in [2.05, 4.69) is 0 Å². The largest absolute Gasteiger partial charge is 0.493 e. The minimum Gasteiger partial charge on any atom is -0.493 e. The Morgan fingerprint density at radius 1 is 1.06 bits per heavy atom. The molecule has 33 heavy (non-hydrogen) atoms. The molecule has 1 atom stereocenters. The predicted molar refractivity (Wildman–Crippen MR) is 127 cm³/mol. The van der Waals surface area contributed by atoms with Crippen LogP contribution in [0.15, 0.2) is 71.6 Å². The average Bonchev–Trinajstić information content (AvgIpc) is 2.86. The van der Waals surface area contributed by atoms with Gasteiger partial charge < -0.3 is 14.4 Å². The minimum atomic E-state index is -0.432. The number of nitro benzene ring substituents is 1. The van der Waals surface area contributed by atoms with E-state index >= 15 is 0 Å². The summed E-state index contributed by atoms with van der Waals surface area (Å²) in [7, 11) is 3.22.